The van der Waals surface area contributed by atoms with Crippen molar-refractivity contribution in [2.45, 2.75) is 12.5 Å². The average molecular weight is 256 g/mol. The van der Waals surface area contributed by atoms with E-state index in [0.717, 1.165) is 14.8 Å². The lowest BCUT2D eigenvalue weighted by Crippen LogP contribution is -2.11. The van der Waals surface area contributed by atoms with Gasteiger partial charge in [0.1, 0.15) is 5.82 Å². The van der Waals surface area contributed by atoms with Gasteiger partial charge >= 0.3 is 0 Å². The van der Waals surface area contributed by atoms with Crippen LogP contribution >= 0.6 is 22.9 Å². The van der Waals surface area contributed by atoms with E-state index in [9.17, 15) is 4.39 Å². The summed E-state index contributed by atoms with van der Waals surface area (Å²) in [7, 11) is 0. The highest BCUT2D eigenvalue weighted by molar-refractivity contribution is 7.16. The number of thiophene rings is 1. The molecule has 1 nitrogen and oxygen atoms in total. The highest BCUT2D eigenvalue weighted by atomic mass is 35.5. The van der Waals surface area contributed by atoms with E-state index in [1.807, 2.05) is 12.1 Å². The molecule has 2 aromatic rings. The van der Waals surface area contributed by atoms with Gasteiger partial charge in [-0.05, 0) is 36.2 Å². The Morgan fingerprint density at radius 2 is 1.88 bits per heavy atom. The van der Waals surface area contributed by atoms with Gasteiger partial charge in [-0.3, -0.25) is 0 Å². The SMILES string of the molecule is NC(Cc1ccc(F)cc1)c1ccc(Cl)s1. The molecule has 0 aliphatic heterocycles. The minimum Gasteiger partial charge on any atom is -0.323 e. The van der Waals surface area contributed by atoms with Crippen molar-refractivity contribution >= 4 is 22.9 Å². The van der Waals surface area contributed by atoms with Crippen molar-refractivity contribution in [3.63, 3.8) is 0 Å². The Morgan fingerprint density at radius 3 is 2.44 bits per heavy atom. The molecule has 84 valence electrons. The average Bonchev–Trinajstić information content (AvgIpc) is 2.68. The fraction of sp³-hybridized carbons (Fsp3) is 0.167. The van der Waals surface area contributed by atoms with Crippen LogP contribution in [0.2, 0.25) is 4.34 Å². The van der Waals surface area contributed by atoms with Gasteiger partial charge in [0.15, 0.2) is 0 Å². The molecule has 1 unspecified atom stereocenters. The molecular weight excluding hydrogens is 245 g/mol. The third-order valence-corrected chi connectivity index (χ3v) is 3.69. The molecule has 0 saturated heterocycles. The summed E-state index contributed by atoms with van der Waals surface area (Å²) in [5.74, 6) is -0.225. The Labute approximate surface area is 103 Å². The number of halogens is 2. The van der Waals surface area contributed by atoms with E-state index < -0.39 is 0 Å². The van der Waals surface area contributed by atoms with Gasteiger partial charge in [-0.25, -0.2) is 4.39 Å². The van der Waals surface area contributed by atoms with Gasteiger partial charge in [0.2, 0.25) is 0 Å². The van der Waals surface area contributed by atoms with E-state index in [2.05, 4.69) is 0 Å². The summed E-state index contributed by atoms with van der Waals surface area (Å²) in [6.45, 7) is 0. The molecule has 1 atom stereocenters. The topological polar surface area (TPSA) is 26.0 Å². The zero-order chi connectivity index (χ0) is 11.5. The van der Waals surface area contributed by atoms with Crippen molar-refractivity contribution in [1.29, 1.82) is 0 Å². The van der Waals surface area contributed by atoms with Crippen molar-refractivity contribution in [2.75, 3.05) is 0 Å². The van der Waals surface area contributed by atoms with Gasteiger partial charge in [0.05, 0.1) is 4.34 Å². The molecule has 1 aromatic carbocycles. The maximum Gasteiger partial charge on any atom is 0.123 e. The number of benzene rings is 1. The van der Waals surface area contributed by atoms with Crippen LogP contribution in [-0.2, 0) is 6.42 Å². The van der Waals surface area contributed by atoms with Crippen molar-refractivity contribution in [2.24, 2.45) is 5.73 Å². The van der Waals surface area contributed by atoms with E-state index >= 15 is 0 Å². The van der Waals surface area contributed by atoms with Crippen LogP contribution < -0.4 is 5.73 Å². The molecule has 0 bridgehead atoms. The molecule has 0 aliphatic rings. The summed E-state index contributed by atoms with van der Waals surface area (Å²) < 4.78 is 13.4. The predicted octanol–water partition coefficient (Wildman–Crippen LogP) is 3.78. The first-order chi connectivity index (χ1) is 7.65. The fourth-order valence-corrected chi connectivity index (χ4v) is 2.56. The zero-order valence-electron chi connectivity index (χ0n) is 8.49. The van der Waals surface area contributed by atoms with E-state index in [0.29, 0.717) is 6.42 Å². The largest absolute Gasteiger partial charge is 0.323 e. The van der Waals surface area contributed by atoms with Crippen LogP contribution in [0.15, 0.2) is 36.4 Å². The molecule has 0 aliphatic carbocycles. The van der Waals surface area contributed by atoms with Crippen molar-refractivity contribution < 1.29 is 4.39 Å². The summed E-state index contributed by atoms with van der Waals surface area (Å²) in [5.41, 5.74) is 7.06. The number of hydrogen-bond acceptors (Lipinski definition) is 2. The maximum atomic E-state index is 12.7. The Hall–Kier alpha value is -0.900. The molecule has 2 N–H and O–H groups in total. The fourth-order valence-electron chi connectivity index (χ4n) is 1.50. The quantitative estimate of drug-likeness (QED) is 0.887. The van der Waals surface area contributed by atoms with E-state index in [1.54, 1.807) is 12.1 Å². The summed E-state index contributed by atoms with van der Waals surface area (Å²) >= 11 is 7.33. The third-order valence-electron chi connectivity index (χ3n) is 2.33. The number of hydrogen-bond donors (Lipinski definition) is 1. The summed E-state index contributed by atoms with van der Waals surface area (Å²) in [6, 6.07) is 10.1. The lowest BCUT2D eigenvalue weighted by molar-refractivity contribution is 0.626. The Kier molecular flexibility index (Phi) is 3.59. The van der Waals surface area contributed by atoms with Crippen LogP contribution in [0.5, 0.6) is 0 Å². The highest BCUT2D eigenvalue weighted by Crippen LogP contribution is 2.27. The Morgan fingerprint density at radius 1 is 1.19 bits per heavy atom. The first kappa shape index (κ1) is 11.6. The molecule has 1 heterocycles. The summed E-state index contributed by atoms with van der Waals surface area (Å²) in [6.07, 6.45) is 0.692. The normalized spacial score (nSPS) is 12.7. The van der Waals surface area contributed by atoms with Gasteiger partial charge in [-0.1, -0.05) is 23.7 Å². The van der Waals surface area contributed by atoms with Gasteiger partial charge in [0, 0.05) is 10.9 Å². The summed E-state index contributed by atoms with van der Waals surface area (Å²) in [4.78, 5) is 1.05. The monoisotopic (exact) mass is 255 g/mol. The first-order valence-electron chi connectivity index (χ1n) is 4.90. The Balaban J connectivity index is 2.07. The lowest BCUT2D eigenvalue weighted by Gasteiger charge is -2.09. The molecular formula is C12H11ClFNS. The maximum absolute atomic E-state index is 12.7. The number of nitrogens with two attached hydrogens (primary N) is 1. The van der Waals surface area contributed by atoms with Gasteiger partial charge < -0.3 is 5.73 Å². The van der Waals surface area contributed by atoms with Crippen molar-refractivity contribution in [3.8, 4) is 0 Å². The van der Waals surface area contributed by atoms with Crippen LogP contribution in [0, 0.1) is 5.82 Å². The van der Waals surface area contributed by atoms with E-state index in [-0.39, 0.29) is 11.9 Å². The molecule has 2 rings (SSSR count). The van der Waals surface area contributed by atoms with Crippen molar-refractivity contribution in [1.82, 2.24) is 0 Å². The van der Waals surface area contributed by atoms with Gasteiger partial charge in [-0.15, -0.1) is 11.3 Å². The van der Waals surface area contributed by atoms with E-state index in [4.69, 9.17) is 17.3 Å². The molecule has 0 saturated carbocycles. The standard InChI is InChI=1S/C12H11ClFNS/c13-12-6-5-11(16-12)10(15)7-8-1-3-9(14)4-2-8/h1-6,10H,7,15H2. The Bertz CT molecular complexity index is 466. The molecule has 0 radical (unpaired) electrons. The molecule has 1 aromatic heterocycles. The van der Waals surface area contributed by atoms with Crippen molar-refractivity contribution in [3.05, 3.63) is 57.0 Å². The smallest absolute Gasteiger partial charge is 0.123 e. The molecule has 0 spiro atoms. The minimum atomic E-state index is -0.225. The van der Waals surface area contributed by atoms with Crippen LogP contribution in [-0.4, -0.2) is 0 Å². The molecule has 0 fully saturated rings. The summed E-state index contributed by atoms with van der Waals surface area (Å²) in [5, 5.41) is 0. The van der Waals surface area contributed by atoms with Crippen LogP contribution in [0.4, 0.5) is 4.39 Å². The molecule has 0 amide bonds. The predicted molar refractivity (Wildman–Crippen MR) is 66.4 cm³/mol. The van der Waals surface area contributed by atoms with Crippen LogP contribution in [0.3, 0.4) is 0 Å². The van der Waals surface area contributed by atoms with E-state index in [1.165, 1.54) is 23.5 Å². The third kappa shape index (κ3) is 2.82. The molecule has 4 heteroatoms. The number of rotatable bonds is 3. The van der Waals surface area contributed by atoms with Gasteiger partial charge in [0.25, 0.3) is 0 Å². The van der Waals surface area contributed by atoms with Crippen LogP contribution in [0.1, 0.15) is 16.5 Å². The highest BCUT2D eigenvalue weighted by Gasteiger charge is 2.09. The molecule has 16 heavy (non-hydrogen) atoms. The minimum absolute atomic E-state index is 0.0806. The second-order valence-corrected chi connectivity index (χ2v) is 5.33. The first-order valence-corrected chi connectivity index (χ1v) is 6.10. The van der Waals surface area contributed by atoms with Crippen LogP contribution in [0.25, 0.3) is 0 Å². The van der Waals surface area contributed by atoms with Gasteiger partial charge in [-0.2, -0.15) is 0 Å². The zero-order valence-corrected chi connectivity index (χ0v) is 10.1. The lowest BCUT2D eigenvalue weighted by atomic mass is 10.1. The second kappa shape index (κ2) is 4.95. The second-order valence-electron chi connectivity index (χ2n) is 3.58.